The van der Waals surface area contributed by atoms with Crippen molar-refractivity contribution in [2.75, 3.05) is 11.6 Å². The topological polar surface area (TPSA) is 72.3 Å². The number of sulfone groups is 1. The third-order valence-corrected chi connectivity index (χ3v) is 7.23. The Hall–Kier alpha value is -1.93. The van der Waals surface area contributed by atoms with Gasteiger partial charge in [0.1, 0.15) is 5.88 Å². The van der Waals surface area contributed by atoms with Crippen LogP contribution < -0.4 is 0 Å². The van der Waals surface area contributed by atoms with E-state index in [1.165, 1.54) is 4.90 Å². The molecular weight excluding hydrogens is 354 g/mol. The van der Waals surface area contributed by atoms with Gasteiger partial charge in [-0.25, -0.2) is 13.1 Å². The van der Waals surface area contributed by atoms with Gasteiger partial charge in [-0.15, -0.1) is 0 Å². The molecular formula is C17H20N3O3SSi. The van der Waals surface area contributed by atoms with Crippen LogP contribution in [0.15, 0.2) is 30.3 Å². The van der Waals surface area contributed by atoms with Crippen LogP contribution in [-0.2, 0) is 9.84 Å². The molecule has 2 aromatic rings. The number of carbonyl (C=O) groups is 1. The Bertz CT molecular complexity index is 924. The number of para-hydroxylation sites is 1. The fraction of sp³-hybridized carbons (Fsp3) is 0.412. The minimum atomic E-state index is -3.30. The lowest BCUT2D eigenvalue weighted by atomic mass is 10.1. The molecule has 8 heteroatoms. The van der Waals surface area contributed by atoms with E-state index in [4.69, 9.17) is 0 Å². The molecule has 0 saturated carbocycles. The van der Waals surface area contributed by atoms with Gasteiger partial charge in [0.25, 0.3) is 5.91 Å². The van der Waals surface area contributed by atoms with E-state index in [0.717, 1.165) is 16.9 Å². The molecule has 3 radical (unpaired) electrons. The Kier molecular flexibility index (Phi) is 4.36. The molecule has 131 valence electrons. The zero-order valence-corrected chi connectivity index (χ0v) is 16.3. The summed E-state index contributed by atoms with van der Waals surface area (Å²) in [6.07, 6.45) is 0. The van der Waals surface area contributed by atoms with Gasteiger partial charge in [-0.05, 0) is 38.9 Å². The second-order valence-electron chi connectivity index (χ2n) is 6.73. The molecule has 1 atom stereocenters. The maximum absolute atomic E-state index is 13.1. The molecule has 0 N–H and O–H groups in total. The summed E-state index contributed by atoms with van der Waals surface area (Å²) in [6, 6.07) is 9.93. The van der Waals surface area contributed by atoms with Crippen LogP contribution in [0.2, 0.25) is 6.04 Å². The summed E-state index contributed by atoms with van der Waals surface area (Å²) in [5, 5.41) is 4.49. The summed E-state index contributed by atoms with van der Waals surface area (Å²) < 4.78 is 25.9. The molecule has 0 bridgehead atoms. The van der Waals surface area contributed by atoms with Crippen molar-refractivity contribution in [1.29, 1.82) is 0 Å². The quantitative estimate of drug-likeness (QED) is 0.766. The van der Waals surface area contributed by atoms with E-state index < -0.39 is 15.4 Å². The van der Waals surface area contributed by atoms with E-state index in [0.29, 0.717) is 11.7 Å². The fourth-order valence-electron chi connectivity index (χ4n) is 3.13. The third kappa shape index (κ3) is 3.04. The first kappa shape index (κ1) is 17.9. The van der Waals surface area contributed by atoms with Crippen molar-refractivity contribution >= 4 is 26.0 Å². The monoisotopic (exact) mass is 374 g/mol. The zero-order chi connectivity index (χ0) is 18.4. The van der Waals surface area contributed by atoms with Crippen LogP contribution in [0.1, 0.15) is 28.7 Å². The Morgan fingerprint density at radius 3 is 2.52 bits per heavy atom. The van der Waals surface area contributed by atoms with E-state index in [9.17, 15) is 13.2 Å². The normalized spacial score (nSPS) is 22.3. The molecule has 1 aliphatic rings. The predicted molar refractivity (Wildman–Crippen MR) is 96.8 cm³/mol. The first-order valence-electron chi connectivity index (χ1n) is 7.97. The number of amides is 1. The molecule has 1 fully saturated rings. The molecule has 1 aromatic carbocycles. The Balaban J connectivity index is 2.04. The number of hydrogen-bond acceptors (Lipinski definition) is 4. The van der Waals surface area contributed by atoms with Crippen molar-refractivity contribution in [3.05, 3.63) is 47.3 Å². The van der Waals surface area contributed by atoms with Crippen LogP contribution in [-0.4, -0.2) is 56.4 Å². The number of carbonyl (C=O) groups excluding carboxylic acids is 1. The molecule has 1 aliphatic heterocycles. The standard InChI is InChI=1S/C17H20N3O3SSi/c1-12-13(2)20(14-7-5-4-6-8-14)18-15(12)16(21)19-11-24(22,23)9-17(19,3)10-25/h4-8H,9-11H2,1-3H3/t17-/m0/s1. The van der Waals surface area contributed by atoms with E-state index in [2.05, 4.69) is 15.3 Å². The summed E-state index contributed by atoms with van der Waals surface area (Å²) >= 11 is 0. The van der Waals surface area contributed by atoms with Crippen molar-refractivity contribution in [1.82, 2.24) is 14.7 Å². The lowest BCUT2D eigenvalue weighted by Crippen LogP contribution is -2.46. The van der Waals surface area contributed by atoms with Gasteiger partial charge in [-0.2, -0.15) is 5.10 Å². The zero-order valence-electron chi connectivity index (χ0n) is 14.5. The average Bonchev–Trinajstić information content (AvgIpc) is 3.02. The van der Waals surface area contributed by atoms with Crippen LogP contribution in [0.3, 0.4) is 0 Å². The molecule has 0 spiro atoms. The highest BCUT2D eigenvalue weighted by atomic mass is 32.2. The minimum absolute atomic E-state index is 0.0489. The summed E-state index contributed by atoms with van der Waals surface area (Å²) in [7, 11) is 0.113. The molecule has 0 aliphatic carbocycles. The Morgan fingerprint density at radius 1 is 1.28 bits per heavy atom. The summed E-state index contributed by atoms with van der Waals surface area (Å²) in [4.78, 5) is 14.5. The van der Waals surface area contributed by atoms with Gasteiger partial charge in [0.2, 0.25) is 0 Å². The van der Waals surface area contributed by atoms with Crippen molar-refractivity contribution in [2.24, 2.45) is 0 Å². The van der Waals surface area contributed by atoms with Crippen LogP contribution >= 0.6 is 0 Å². The summed E-state index contributed by atoms with van der Waals surface area (Å²) in [6.45, 7) is 5.51. The van der Waals surface area contributed by atoms with Crippen LogP contribution in [0.5, 0.6) is 0 Å². The molecule has 25 heavy (non-hydrogen) atoms. The van der Waals surface area contributed by atoms with Gasteiger partial charge in [0, 0.05) is 21.5 Å². The van der Waals surface area contributed by atoms with Gasteiger partial charge in [0.05, 0.1) is 17.0 Å². The minimum Gasteiger partial charge on any atom is -0.317 e. The van der Waals surface area contributed by atoms with Gasteiger partial charge < -0.3 is 4.90 Å². The Labute approximate surface area is 151 Å². The number of hydrogen-bond donors (Lipinski definition) is 0. The summed E-state index contributed by atoms with van der Waals surface area (Å²) in [5.41, 5.74) is 2.00. The third-order valence-electron chi connectivity index (χ3n) is 4.75. The summed E-state index contributed by atoms with van der Waals surface area (Å²) in [5.74, 6) is -0.673. The maximum Gasteiger partial charge on any atom is 0.275 e. The molecule has 0 unspecified atom stereocenters. The second-order valence-corrected chi connectivity index (χ2v) is 9.12. The average molecular weight is 375 g/mol. The van der Waals surface area contributed by atoms with Crippen molar-refractivity contribution in [3.63, 3.8) is 0 Å². The van der Waals surface area contributed by atoms with E-state index in [-0.39, 0.29) is 17.5 Å². The predicted octanol–water partition coefficient (Wildman–Crippen LogP) is 1.66. The van der Waals surface area contributed by atoms with Gasteiger partial charge >= 0.3 is 0 Å². The van der Waals surface area contributed by atoms with Gasteiger partial charge in [-0.3, -0.25) is 4.79 Å². The first-order chi connectivity index (χ1) is 11.7. The lowest BCUT2D eigenvalue weighted by Gasteiger charge is -2.32. The molecule has 1 saturated heterocycles. The largest absolute Gasteiger partial charge is 0.317 e. The Morgan fingerprint density at radius 2 is 1.92 bits per heavy atom. The van der Waals surface area contributed by atoms with Crippen LogP contribution in [0.4, 0.5) is 0 Å². The van der Waals surface area contributed by atoms with Gasteiger partial charge in [0.15, 0.2) is 15.5 Å². The molecule has 2 heterocycles. The fourth-order valence-corrected chi connectivity index (χ4v) is 5.75. The van der Waals surface area contributed by atoms with Gasteiger partial charge in [-0.1, -0.05) is 18.2 Å². The highest BCUT2D eigenvalue weighted by Crippen LogP contribution is 2.31. The number of benzene rings is 1. The molecule has 6 nitrogen and oxygen atoms in total. The highest BCUT2D eigenvalue weighted by Gasteiger charge is 2.47. The number of rotatable bonds is 3. The molecule has 1 aromatic heterocycles. The number of aromatic nitrogens is 2. The van der Waals surface area contributed by atoms with E-state index >= 15 is 0 Å². The van der Waals surface area contributed by atoms with E-state index in [1.54, 1.807) is 11.6 Å². The maximum atomic E-state index is 13.1. The molecule has 3 rings (SSSR count). The van der Waals surface area contributed by atoms with Crippen molar-refractivity contribution in [3.8, 4) is 5.69 Å². The SMILES string of the molecule is Cc1c(C(=O)N2CS(=O)(=O)C[C@@]2(C)C[Si])nn(-c2ccccc2)c1C. The van der Waals surface area contributed by atoms with Crippen molar-refractivity contribution < 1.29 is 13.2 Å². The van der Waals surface area contributed by atoms with Crippen LogP contribution in [0.25, 0.3) is 5.69 Å². The van der Waals surface area contributed by atoms with E-state index in [1.807, 2.05) is 44.2 Å². The van der Waals surface area contributed by atoms with Crippen molar-refractivity contribution in [2.45, 2.75) is 32.4 Å². The second kappa shape index (κ2) is 6.10. The molecule has 1 amide bonds. The number of nitrogens with zero attached hydrogens (tertiary/aromatic N) is 3. The van der Waals surface area contributed by atoms with Crippen LogP contribution in [0, 0.1) is 13.8 Å². The highest BCUT2D eigenvalue weighted by molar-refractivity contribution is 7.91. The smallest absolute Gasteiger partial charge is 0.275 e. The lowest BCUT2D eigenvalue weighted by molar-refractivity contribution is 0.0660. The first-order valence-corrected chi connectivity index (χ1v) is 10.5.